The van der Waals surface area contributed by atoms with Crippen molar-refractivity contribution in [3.05, 3.63) is 259 Å². The molecule has 0 spiro atoms. The van der Waals surface area contributed by atoms with E-state index < -0.39 is 34.6 Å². The second-order valence-corrected chi connectivity index (χ2v) is 23.3. The van der Waals surface area contributed by atoms with E-state index in [9.17, 15) is 63.1 Å². The molecule has 13 aromatic rings. The highest BCUT2D eigenvalue weighted by atomic mass is 35.5. The molecule has 0 atom stereocenters. The van der Waals surface area contributed by atoms with Gasteiger partial charge in [0.15, 0.2) is 0 Å². The van der Waals surface area contributed by atoms with Crippen LogP contribution in [0.2, 0.25) is 5.02 Å². The Hall–Kier alpha value is -15.2. The zero-order valence-corrected chi connectivity index (χ0v) is 51.9. The standard InChI is InChI=1S/C80H29ClF6N14/c81-68-24-46(34-92)22-57(41-99)77(68)50-8-15-73-65(28-50)64-27-49(76-55(39-97)20-45(33-91)21-56(76)40-98)7-14-72(64)101(73)71-11-4-42(30-88)23-61(71)60-29-58(9-10-59(60)78-66(79(82,83)84)2-1-3-67(78)80(85,86)87)100-69-12-5-47(74-51(35-93)16-43(31-89)17-52(74)36-94)25-62(69)63-26-48(6-13-70(63)100)75-53(37-95)18-44(32-90)19-54(75)38-96/h1-29H. The summed E-state index contributed by atoms with van der Waals surface area (Å²) in [7, 11) is 0. The van der Waals surface area contributed by atoms with Gasteiger partial charge in [-0.1, -0.05) is 48.0 Å². The van der Waals surface area contributed by atoms with Crippen LogP contribution in [0.3, 0.4) is 0 Å². The lowest BCUT2D eigenvalue weighted by atomic mass is 9.86. The van der Waals surface area contributed by atoms with Crippen molar-refractivity contribution < 1.29 is 26.3 Å². The van der Waals surface area contributed by atoms with Gasteiger partial charge in [0.25, 0.3) is 0 Å². The van der Waals surface area contributed by atoms with Crippen molar-refractivity contribution in [2.24, 2.45) is 0 Å². The van der Waals surface area contributed by atoms with E-state index >= 15 is 26.3 Å². The van der Waals surface area contributed by atoms with Gasteiger partial charge in [0.05, 0.1) is 183 Å². The molecule has 0 radical (unpaired) electrons. The van der Waals surface area contributed by atoms with E-state index in [1.807, 2.05) is 24.3 Å². The molecule has 468 valence electrons. The average Bonchev–Trinajstić information content (AvgIpc) is 1.62. The molecule has 0 saturated carbocycles. The first-order valence-corrected chi connectivity index (χ1v) is 30.0. The van der Waals surface area contributed by atoms with E-state index in [2.05, 4.69) is 48.6 Å². The maximum absolute atomic E-state index is 15.8. The number of hydrogen-bond donors (Lipinski definition) is 0. The molecule has 0 bridgehead atoms. The van der Waals surface area contributed by atoms with E-state index in [4.69, 9.17) is 11.6 Å². The summed E-state index contributed by atoms with van der Waals surface area (Å²) in [4.78, 5) is 0. The molecule has 2 aromatic heterocycles. The first-order valence-electron chi connectivity index (χ1n) is 29.6. The fourth-order valence-corrected chi connectivity index (χ4v) is 13.6. The minimum Gasteiger partial charge on any atom is -0.309 e. The van der Waals surface area contributed by atoms with Gasteiger partial charge in [0.1, 0.15) is 0 Å². The number of fused-ring (bicyclic) bond motifs is 6. The predicted octanol–water partition coefficient (Wildman–Crippen LogP) is 19.0. The maximum Gasteiger partial charge on any atom is 0.417 e. The largest absolute Gasteiger partial charge is 0.417 e. The second kappa shape index (κ2) is 24.8. The van der Waals surface area contributed by atoms with Crippen molar-refractivity contribution in [1.29, 1.82) is 63.1 Å². The zero-order chi connectivity index (χ0) is 71.5. The predicted molar refractivity (Wildman–Crippen MR) is 359 cm³/mol. The third-order valence-electron chi connectivity index (χ3n) is 17.4. The summed E-state index contributed by atoms with van der Waals surface area (Å²) in [5.41, 5.74) is -2.72. The number of rotatable bonds is 8. The Labute approximate surface area is 573 Å². The van der Waals surface area contributed by atoms with Gasteiger partial charge in [0.2, 0.25) is 0 Å². The normalized spacial score (nSPS) is 11.0. The fourth-order valence-electron chi connectivity index (χ4n) is 13.3. The van der Waals surface area contributed by atoms with Crippen LogP contribution in [-0.4, -0.2) is 9.13 Å². The third-order valence-corrected chi connectivity index (χ3v) is 17.7. The summed E-state index contributed by atoms with van der Waals surface area (Å²) in [6, 6.07) is 63.9. The van der Waals surface area contributed by atoms with Crippen LogP contribution in [0, 0.1) is 136 Å². The SMILES string of the molecule is N#Cc1cc(Cl)c(-c2ccc3c(c2)c2cc(-c4c(C#N)cc(C#N)cc4C#N)ccc2n3-c2ccc(C#N)cc2-c2cc(-n3c4ccc(-c5c(C#N)cc(C#N)cc5C#N)cc4c4cc(-c5c(C#N)cc(C#N)cc5C#N)ccc43)ccc2-c2c(C(F)(F)F)cccc2C(F)(F)F)c(C#N)c1. The highest BCUT2D eigenvalue weighted by Crippen LogP contribution is 2.51. The Bertz CT molecular complexity index is 6210. The van der Waals surface area contributed by atoms with Crippen LogP contribution in [-0.2, 0) is 12.4 Å². The molecular formula is C80H29ClF6N14. The Morgan fingerprint density at radius 2 is 0.614 bits per heavy atom. The number of halogens is 7. The monoisotopic (exact) mass is 1330 g/mol. The van der Waals surface area contributed by atoms with Crippen molar-refractivity contribution in [1.82, 2.24) is 9.13 Å². The van der Waals surface area contributed by atoms with Crippen LogP contribution >= 0.6 is 11.6 Å². The van der Waals surface area contributed by atoms with Crippen LogP contribution in [0.1, 0.15) is 77.9 Å². The van der Waals surface area contributed by atoms with Gasteiger partial charge in [-0.15, -0.1) is 0 Å². The first-order chi connectivity index (χ1) is 48.7. The molecule has 0 N–H and O–H groups in total. The van der Waals surface area contributed by atoms with Crippen LogP contribution < -0.4 is 0 Å². The molecule has 0 unspecified atom stereocenters. The number of hydrogen-bond acceptors (Lipinski definition) is 12. The number of benzene rings is 11. The van der Waals surface area contributed by atoms with E-state index in [-0.39, 0.29) is 128 Å². The molecule has 0 aliphatic rings. The Kier molecular flexibility index (Phi) is 15.9. The maximum atomic E-state index is 15.8. The van der Waals surface area contributed by atoms with Crippen molar-refractivity contribution in [2.45, 2.75) is 12.4 Å². The van der Waals surface area contributed by atoms with Gasteiger partial charge in [-0.25, -0.2) is 0 Å². The lowest BCUT2D eigenvalue weighted by molar-refractivity contribution is -0.142. The minimum absolute atomic E-state index is 0.0103. The molecule has 0 aliphatic heterocycles. The molecule has 0 amide bonds. The van der Waals surface area contributed by atoms with Crippen LogP contribution in [0.5, 0.6) is 0 Å². The molecule has 11 aromatic carbocycles. The summed E-state index contributed by atoms with van der Waals surface area (Å²) in [6.07, 6.45) is -10.9. The molecule has 0 aliphatic carbocycles. The fraction of sp³-hybridized carbons (Fsp3) is 0.0250. The molecule has 0 saturated heterocycles. The smallest absolute Gasteiger partial charge is 0.309 e. The summed E-state index contributed by atoms with van der Waals surface area (Å²) in [5, 5.41) is 125. The Morgan fingerprint density at radius 1 is 0.277 bits per heavy atom. The Balaban J connectivity index is 1.17. The Morgan fingerprint density at radius 3 is 0.960 bits per heavy atom. The van der Waals surface area contributed by atoms with Crippen LogP contribution in [0.25, 0.3) is 122 Å². The van der Waals surface area contributed by atoms with Crippen molar-refractivity contribution in [3.8, 4) is 151 Å². The van der Waals surface area contributed by atoms with Gasteiger partial charge >= 0.3 is 12.4 Å². The lowest BCUT2D eigenvalue weighted by Crippen LogP contribution is -2.14. The van der Waals surface area contributed by atoms with Gasteiger partial charge in [0, 0.05) is 60.6 Å². The average molecular weight is 1340 g/mol. The zero-order valence-electron chi connectivity index (χ0n) is 51.1. The van der Waals surface area contributed by atoms with Gasteiger partial charge in [-0.2, -0.15) is 89.5 Å². The quantitative estimate of drug-likeness (QED) is 0.128. The van der Waals surface area contributed by atoms with E-state index in [1.54, 1.807) is 81.9 Å². The lowest BCUT2D eigenvalue weighted by Gasteiger charge is -2.23. The van der Waals surface area contributed by atoms with Crippen LogP contribution in [0.4, 0.5) is 26.3 Å². The van der Waals surface area contributed by atoms with E-state index in [0.29, 0.717) is 72.9 Å². The van der Waals surface area contributed by atoms with Crippen molar-refractivity contribution in [3.63, 3.8) is 0 Å². The number of nitrogens with zero attached hydrogens (tertiary/aromatic N) is 14. The van der Waals surface area contributed by atoms with E-state index in [0.717, 1.165) is 6.07 Å². The molecule has 21 heteroatoms. The van der Waals surface area contributed by atoms with E-state index in [1.165, 1.54) is 78.9 Å². The molecule has 14 nitrogen and oxygen atoms in total. The van der Waals surface area contributed by atoms with Gasteiger partial charge < -0.3 is 9.13 Å². The summed E-state index contributed by atoms with van der Waals surface area (Å²) in [6.45, 7) is 0. The summed E-state index contributed by atoms with van der Waals surface area (Å²) >= 11 is 6.88. The third kappa shape index (κ3) is 10.7. The topological polar surface area (TPSA) is 295 Å². The summed E-state index contributed by atoms with van der Waals surface area (Å²) < 4.78 is 98.0. The molecule has 2 heterocycles. The highest BCUT2D eigenvalue weighted by molar-refractivity contribution is 6.34. The van der Waals surface area contributed by atoms with Gasteiger partial charge in [-0.05, 0) is 173 Å². The molecule has 101 heavy (non-hydrogen) atoms. The van der Waals surface area contributed by atoms with Crippen LogP contribution in [0.15, 0.2) is 176 Å². The van der Waals surface area contributed by atoms with Crippen molar-refractivity contribution >= 4 is 55.2 Å². The second-order valence-electron chi connectivity index (χ2n) is 22.8. The highest BCUT2D eigenvalue weighted by Gasteiger charge is 2.42. The summed E-state index contributed by atoms with van der Waals surface area (Å²) in [5.74, 6) is 0. The number of nitriles is 12. The van der Waals surface area contributed by atoms with Crippen molar-refractivity contribution in [2.75, 3.05) is 0 Å². The molecule has 13 rings (SSSR count). The molecule has 0 fully saturated rings. The molecular weight excluding hydrogens is 1310 g/mol. The first kappa shape index (κ1) is 64.5. The number of aromatic nitrogens is 2. The number of alkyl halides is 6. The van der Waals surface area contributed by atoms with Gasteiger partial charge in [-0.3, -0.25) is 0 Å². The minimum atomic E-state index is -5.43.